The number of anilines is 1. The predicted molar refractivity (Wildman–Crippen MR) is 78.5 cm³/mol. The fourth-order valence-corrected chi connectivity index (χ4v) is 2.72. The van der Waals surface area contributed by atoms with Gasteiger partial charge in [0.25, 0.3) is 0 Å². The number of benzene rings is 1. The number of ether oxygens (including phenoxy) is 1. The minimum absolute atomic E-state index is 0.251. The first-order valence-corrected chi connectivity index (χ1v) is 7.02. The Bertz CT molecular complexity index is 691. The molecule has 1 aromatic carbocycles. The van der Waals surface area contributed by atoms with Crippen LogP contribution in [0, 0.1) is 17.1 Å². The summed E-state index contributed by atoms with van der Waals surface area (Å²) in [6, 6.07) is 9.77. The second-order valence-electron chi connectivity index (χ2n) is 4.28. The Balaban J connectivity index is 2.01. The molecule has 21 heavy (non-hydrogen) atoms. The Morgan fingerprint density at radius 3 is 2.86 bits per heavy atom. The lowest BCUT2D eigenvalue weighted by Gasteiger charge is -2.06. The molecule has 2 rings (SSSR count). The lowest BCUT2D eigenvalue weighted by molar-refractivity contribution is -0.139. The molecule has 0 unspecified atom stereocenters. The molecule has 0 bridgehead atoms. The number of hydrogen-bond acceptors (Lipinski definition) is 5. The van der Waals surface area contributed by atoms with Crippen molar-refractivity contribution in [2.24, 2.45) is 0 Å². The molecule has 4 nitrogen and oxygen atoms in total. The number of carbonyl (C=O) groups is 1. The van der Waals surface area contributed by atoms with E-state index in [0.717, 1.165) is 9.75 Å². The van der Waals surface area contributed by atoms with E-state index in [9.17, 15) is 9.18 Å². The number of esters is 1. The SMILES string of the molecule is COC(=O)Cc1ccc(CNc2ccc(F)cc2C#N)s1. The van der Waals surface area contributed by atoms with Crippen molar-refractivity contribution < 1.29 is 13.9 Å². The Kier molecular flexibility index (Phi) is 4.90. The fourth-order valence-electron chi connectivity index (χ4n) is 1.77. The van der Waals surface area contributed by atoms with Crippen molar-refractivity contribution in [3.63, 3.8) is 0 Å². The van der Waals surface area contributed by atoms with Gasteiger partial charge in [-0.2, -0.15) is 5.26 Å². The maximum absolute atomic E-state index is 13.0. The third kappa shape index (κ3) is 4.04. The predicted octanol–water partition coefficient (Wildman–Crippen LogP) is 3.09. The first-order chi connectivity index (χ1) is 10.1. The molecule has 0 amide bonds. The smallest absolute Gasteiger partial charge is 0.310 e. The van der Waals surface area contributed by atoms with E-state index >= 15 is 0 Å². The second kappa shape index (κ2) is 6.86. The molecule has 1 N–H and O–H groups in total. The first-order valence-electron chi connectivity index (χ1n) is 6.20. The van der Waals surface area contributed by atoms with Gasteiger partial charge in [0, 0.05) is 16.3 Å². The molecule has 108 valence electrons. The van der Waals surface area contributed by atoms with E-state index in [-0.39, 0.29) is 18.0 Å². The average Bonchev–Trinajstić information content (AvgIpc) is 2.93. The van der Waals surface area contributed by atoms with Gasteiger partial charge < -0.3 is 10.1 Å². The molecule has 0 radical (unpaired) electrons. The molecule has 0 aliphatic rings. The van der Waals surface area contributed by atoms with Crippen molar-refractivity contribution in [3.05, 3.63) is 51.5 Å². The highest BCUT2D eigenvalue weighted by atomic mass is 32.1. The van der Waals surface area contributed by atoms with Crippen LogP contribution in [-0.4, -0.2) is 13.1 Å². The van der Waals surface area contributed by atoms with Crippen LogP contribution in [0.3, 0.4) is 0 Å². The molecule has 6 heteroatoms. The van der Waals surface area contributed by atoms with Crippen LogP contribution >= 0.6 is 11.3 Å². The van der Waals surface area contributed by atoms with Crippen molar-refractivity contribution in [1.29, 1.82) is 5.26 Å². The number of halogens is 1. The van der Waals surface area contributed by atoms with E-state index in [1.165, 1.54) is 36.6 Å². The van der Waals surface area contributed by atoms with E-state index in [4.69, 9.17) is 5.26 Å². The zero-order valence-corrected chi connectivity index (χ0v) is 12.2. The van der Waals surface area contributed by atoms with Gasteiger partial charge in [0.05, 0.1) is 24.8 Å². The molecule has 0 aliphatic carbocycles. The maximum Gasteiger partial charge on any atom is 0.310 e. The molecular formula is C15H13FN2O2S. The summed E-state index contributed by atoms with van der Waals surface area (Å²) in [7, 11) is 1.36. The molecule has 0 fully saturated rings. The van der Waals surface area contributed by atoms with Gasteiger partial charge in [0.2, 0.25) is 0 Å². The summed E-state index contributed by atoms with van der Waals surface area (Å²) in [5, 5.41) is 12.1. The van der Waals surface area contributed by atoms with Crippen LogP contribution in [0.4, 0.5) is 10.1 Å². The Hall–Kier alpha value is -2.39. The lowest BCUT2D eigenvalue weighted by Crippen LogP contribution is -2.02. The Labute approximate surface area is 125 Å². The third-order valence-electron chi connectivity index (χ3n) is 2.82. The monoisotopic (exact) mass is 304 g/mol. The zero-order chi connectivity index (χ0) is 15.2. The Morgan fingerprint density at radius 1 is 1.38 bits per heavy atom. The number of rotatable bonds is 5. The van der Waals surface area contributed by atoms with Gasteiger partial charge >= 0.3 is 5.97 Å². The van der Waals surface area contributed by atoms with Crippen LogP contribution in [0.15, 0.2) is 30.3 Å². The molecule has 1 heterocycles. The molecule has 1 aromatic heterocycles. The van der Waals surface area contributed by atoms with Crippen molar-refractivity contribution in [1.82, 2.24) is 0 Å². The number of hydrogen-bond donors (Lipinski definition) is 1. The molecule has 2 aromatic rings. The van der Waals surface area contributed by atoms with E-state index < -0.39 is 5.82 Å². The minimum Gasteiger partial charge on any atom is -0.469 e. The van der Waals surface area contributed by atoms with Crippen molar-refractivity contribution >= 4 is 23.0 Å². The fraction of sp³-hybridized carbons (Fsp3) is 0.200. The van der Waals surface area contributed by atoms with Crippen molar-refractivity contribution in [3.8, 4) is 6.07 Å². The van der Waals surface area contributed by atoms with Gasteiger partial charge in [-0.15, -0.1) is 11.3 Å². The van der Waals surface area contributed by atoms with Crippen LogP contribution in [0.25, 0.3) is 0 Å². The number of nitrogens with one attached hydrogen (secondary N) is 1. The van der Waals surface area contributed by atoms with Crippen LogP contribution in [0.2, 0.25) is 0 Å². The zero-order valence-electron chi connectivity index (χ0n) is 11.4. The summed E-state index contributed by atoms with van der Waals surface area (Å²) in [4.78, 5) is 13.1. The molecule has 0 aliphatic heterocycles. The number of methoxy groups -OCH3 is 1. The average molecular weight is 304 g/mol. The summed E-state index contributed by atoms with van der Waals surface area (Å²) in [5.41, 5.74) is 0.850. The molecular weight excluding hydrogens is 291 g/mol. The van der Waals surface area contributed by atoms with Gasteiger partial charge in [-0.25, -0.2) is 4.39 Å². The number of nitrogens with zero attached hydrogens (tertiary/aromatic N) is 1. The topological polar surface area (TPSA) is 62.1 Å². The highest BCUT2D eigenvalue weighted by Gasteiger charge is 2.07. The first kappa shape index (κ1) is 15.0. The van der Waals surface area contributed by atoms with Crippen LogP contribution in [0.5, 0.6) is 0 Å². The van der Waals surface area contributed by atoms with Crippen LogP contribution in [-0.2, 0) is 22.5 Å². The summed E-state index contributed by atoms with van der Waals surface area (Å²) in [6.07, 6.45) is 0.251. The van der Waals surface area contributed by atoms with Crippen molar-refractivity contribution in [2.75, 3.05) is 12.4 Å². The second-order valence-corrected chi connectivity index (χ2v) is 5.53. The largest absolute Gasteiger partial charge is 0.469 e. The summed E-state index contributed by atoms with van der Waals surface area (Å²) in [6.45, 7) is 0.506. The normalized spacial score (nSPS) is 9.95. The van der Waals surface area contributed by atoms with Crippen LogP contribution in [0.1, 0.15) is 15.3 Å². The standard InChI is InChI=1S/C15H13FN2O2S/c1-20-15(19)7-12-3-4-13(21-12)9-18-14-5-2-11(16)6-10(14)8-17/h2-6,18H,7,9H2,1H3. The van der Waals surface area contributed by atoms with E-state index in [1.807, 2.05) is 18.2 Å². The van der Waals surface area contributed by atoms with Gasteiger partial charge in [-0.3, -0.25) is 4.79 Å². The number of carbonyl (C=O) groups excluding carboxylic acids is 1. The maximum atomic E-state index is 13.0. The summed E-state index contributed by atoms with van der Waals surface area (Å²) >= 11 is 1.49. The Morgan fingerprint density at radius 2 is 2.14 bits per heavy atom. The minimum atomic E-state index is -0.436. The van der Waals surface area contributed by atoms with Gasteiger partial charge in [-0.05, 0) is 30.3 Å². The molecule has 0 saturated carbocycles. The van der Waals surface area contributed by atoms with Gasteiger partial charge in [0.1, 0.15) is 11.9 Å². The van der Waals surface area contributed by atoms with E-state index in [0.29, 0.717) is 12.2 Å². The lowest BCUT2D eigenvalue weighted by atomic mass is 10.2. The highest BCUT2D eigenvalue weighted by Crippen LogP contribution is 2.21. The third-order valence-corrected chi connectivity index (χ3v) is 3.90. The molecule has 0 atom stereocenters. The number of nitriles is 1. The van der Waals surface area contributed by atoms with Crippen LogP contribution < -0.4 is 5.32 Å². The van der Waals surface area contributed by atoms with Gasteiger partial charge in [0.15, 0.2) is 0 Å². The summed E-state index contributed by atoms with van der Waals surface area (Å²) < 4.78 is 17.6. The van der Waals surface area contributed by atoms with Gasteiger partial charge in [-0.1, -0.05) is 0 Å². The highest BCUT2D eigenvalue weighted by molar-refractivity contribution is 7.12. The van der Waals surface area contributed by atoms with E-state index in [1.54, 1.807) is 0 Å². The summed E-state index contributed by atoms with van der Waals surface area (Å²) in [5.74, 6) is -0.713. The molecule has 0 saturated heterocycles. The van der Waals surface area contributed by atoms with Crippen molar-refractivity contribution in [2.45, 2.75) is 13.0 Å². The molecule has 0 spiro atoms. The quantitative estimate of drug-likeness (QED) is 0.862. The van der Waals surface area contributed by atoms with E-state index in [2.05, 4.69) is 10.1 Å². The number of thiophene rings is 1.